The lowest BCUT2D eigenvalue weighted by Crippen LogP contribution is -2.38. The molecule has 4 atom stereocenters. The van der Waals surface area contributed by atoms with E-state index < -0.39 is 0 Å². The Morgan fingerprint density at radius 2 is 0.786 bits per heavy atom. The Morgan fingerprint density at radius 3 is 1.25 bits per heavy atom. The second-order valence-corrected chi connectivity index (χ2v) is 31.4. The predicted molar refractivity (Wildman–Crippen MR) is 540 cm³/mol. The monoisotopic (exact) mass is 1740 g/mol. The lowest BCUT2D eigenvalue weighted by atomic mass is 10.0. The molecule has 1 saturated heterocycles. The molecule has 8 aromatic heterocycles. The molecule has 9 heterocycles. The zero-order valence-corrected chi connectivity index (χ0v) is 75.9. The molecule has 1 aliphatic heterocycles. The summed E-state index contributed by atoms with van der Waals surface area (Å²) >= 11 is 0. The standard InChI is InChI=1S/C28H25N3O.C27H24N4O.C26H22N4O.C23H26N2O2.4H2S/c1-18-15-23-24(29-17-18)13-8-14-25(23)30-20(3)26-16-21-10-7-9-19(2)27(21)28(32)31(26)22-11-5-4-6-12-22;1-18-10-9-11-21-16-25(31(27(32)26(18)21)22-12-5-4-6-13-22)20(3)29-19(2)23-17-28-30-15-8-7-14-24(23)30;1-17-9-8-10-19-15-23(30(26(31)24(17)19)20-11-4-3-5-12-20)18(2)29-25-21-13-6-7-14-22(21)27-16-28-25;1-16-7-6-8-18-15-21(17(2)24-19-11-13-27-14-12-19)25(23(26)22(16)18)20-9-4-3-5-10-20;;;;/h4-17,20,30H,1-3H3;4-17,20,29H,2H2,1,3H3;3-16,18H,1-2H3,(H,27,28,29);3-10,15,17,19,24H,11-14H2,1-2H3;4*1H2/t2*20-;18-;17-;;;;/m0000..../s1. The second kappa shape index (κ2) is 41.2. The highest BCUT2D eigenvalue weighted by Gasteiger charge is 2.26. The van der Waals surface area contributed by atoms with Crippen LogP contribution in [0.1, 0.15) is 121 Å². The van der Waals surface area contributed by atoms with Crippen molar-refractivity contribution in [2.45, 2.75) is 105 Å². The fourth-order valence-corrected chi connectivity index (χ4v) is 16.8. The molecule has 0 aliphatic carbocycles. The van der Waals surface area contributed by atoms with E-state index in [1.54, 1.807) is 15.5 Å². The van der Waals surface area contributed by atoms with Crippen LogP contribution < -0.4 is 43.5 Å². The van der Waals surface area contributed by atoms with Crippen molar-refractivity contribution in [1.29, 1.82) is 0 Å². The van der Waals surface area contributed by atoms with Gasteiger partial charge in [0.15, 0.2) is 0 Å². The first-order valence-electron chi connectivity index (χ1n) is 41.5. The number of hydrogen-bond acceptors (Lipinski definition) is 13. The second-order valence-electron chi connectivity index (χ2n) is 31.4. The summed E-state index contributed by atoms with van der Waals surface area (Å²) in [5.41, 5.74) is 17.7. The van der Waals surface area contributed by atoms with Gasteiger partial charge in [-0.15, -0.1) is 0 Å². The maximum absolute atomic E-state index is 13.7. The number of nitrogens with one attached hydrogen (secondary N) is 4. The van der Waals surface area contributed by atoms with E-state index in [4.69, 9.17) is 4.74 Å². The van der Waals surface area contributed by atoms with Crippen LogP contribution in [-0.4, -0.2) is 62.1 Å². The van der Waals surface area contributed by atoms with Crippen molar-refractivity contribution in [2.75, 3.05) is 23.8 Å². The largest absolute Gasteiger partial charge is 0.381 e. The Labute approximate surface area is 760 Å². The summed E-state index contributed by atoms with van der Waals surface area (Å²) in [6, 6.07) is 93.9. The average Bonchev–Trinajstić information content (AvgIpc) is 0.785. The summed E-state index contributed by atoms with van der Waals surface area (Å²) in [4.78, 5) is 67.9. The highest BCUT2D eigenvalue weighted by molar-refractivity contribution is 7.59. The number of aromatic nitrogens is 9. The van der Waals surface area contributed by atoms with Crippen LogP contribution in [-0.2, 0) is 4.74 Å². The molecule has 19 rings (SSSR count). The van der Waals surface area contributed by atoms with Gasteiger partial charge in [0.2, 0.25) is 0 Å². The minimum atomic E-state index is -0.170. The van der Waals surface area contributed by atoms with Gasteiger partial charge in [-0.2, -0.15) is 59.1 Å². The molecule has 1 aliphatic rings. The number of pyridine rings is 6. The van der Waals surface area contributed by atoms with E-state index in [1.807, 2.05) is 329 Å². The number of benzene rings is 10. The fourth-order valence-electron chi connectivity index (χ4n) is 16.8. The van der Waals surface area contributed by atoms with Crippen LogP contribution in [0.2, 0.25) is 0 Å². The molecule has 18 nitrogen and oxygen atoms in total. The van der Waals surface area contributed by atoms with E-state index in [1.165, 1.54) is 0 Å². The number of fused-ring (bicyclic) bond motifs is 7. The maximum atomic E-state index is 13.7. The highest BCUT2D eigenvalue weighted by Crippen LogP contribution is 2.34. The third-order valence-corrected chi connectivity index (χ3v) is 22.9. The zero-order chi connectivity index (χ0) is 84.7. The van der Waals surface area contributed by atoms with Crippen molar-refractivity contribution in [3.8, 4) is 22.7 Å². The number of nitrogens with zero attached hydrogens (tertiary/aromatic N) is 9. The van der Waals surface area contributed by atoms with E-state index >= 15 is 0 Å². The predicted octanol–water partition coefficient (Wildman–Crippen LogP) is 21.6. The van der Waals surface area contributed by atoms with Crippen LogP contribution >= 0.6 is 54.0 Å². The molecule has 0 saturated carbocycles. The summed E-state index contributed by atoms with van der Waals surface area (Å²) in [6.45, 7) is 24.2. The summed E-state index contributed by atoms with van der Waals surface area (Å²) in [6.07, 6.45) is 9.18. The fraction of sp³-hybridized carbons (Fsp3) is 0.173. The van der Waals surface area contributed by atoms with E-state index in [-0.39, 0.29) is 100 Å². The van der Waals surface area contributed by atoms with Crippen molar-refractivity contribution in [3.05, 3.63) is 414 Å². The summed E-state index contributed by atoms with van der Waals surface area (Å²) in [5, 5.41) is 27.7. The number of rotatable bonds is 17. The molecule has 0 bridgehead atoms. The van der Waals surface area contributed by atoms with Gasteiger partial charge in [0.05, 0.1) is 62.4 Å². The van der Waals surface area contributed by atoms with E-state index in [0.29, 0.717) is 6.04 Å². The molecule has 640 valence electrons. The molecule has 0 amide bonds. The van der Waals surface area contributed by atoms with Crippen LogP contribution in [0.5, 0.6) is 0 Å². The van der Waals surface area contributed by atoms with Crippen LogP contribution in [0.3, 0.4) is 0 Å². The molecule has 0 spiro atoms. The molecule has 18 aromatic rings. The Morgan fingerprint density at radius 1 is 0.397 bits per heavy atom. The lowest BCUT2D eigenvalue weighted by molar-refractivity contribution is 0.0752. The zero-order valence-electron chi connectivity index (χ0n) is 71.9. The van der Waals surface area contributed by atoms with Crippen molar-refractivity contribution >= 4 is 142 Å². The topological polar surface area (TPSA) is 201 Å². The SMILES string of the molecule is C=C(N[C@@H](C)c1cc2cccc(C)c2c(=O)n1-c1ccccc1)c1cnn2ccccc12.Cc1cccc2cc([C@H](C)NC3CCOCC3)n(-c3ccccc3)c(=O)c12.Cc1cccc2cc([C@H](C)Nc3ncnc4ccccc34)n(-c3ccccc3)c(=O)c12.Cc1cnc2cccc(N[C@@H](C)c3cc4cccc(C)c4c(=O)n3-c3ccccc3)c2c1.S.S.S.S. The maximum Gasteiger partial charge on any atom is 0.263 e. The van der Waals surface area contributed by atoms with Gasteiger partial charge in [0.1, 0.15) is 12.1 Å². The van der Waals surface area contributed by atoms with E-state index in [2.05, 4.69) is 98.1 Å². The molecule has 0 unspecified atom stereocenters. The highest BCUT2D eigenvalue weighted by atomic mass is 32.1. The number of anilines is 2. The van der Waals surface area contributed by atoms with Gasteiger partial charge in [-0.25, -0.2) is 14.5 Å². The Kier molecular flexibility index (Phi) is 30.1. The normalized spacial score (nSPS) is 12.7. The Balaban J connectivity index is 0.000000151. The Bertz CT molecular complexity index is 7180. The minimum absolute atomic E-state index is 0. The third kappa shape index (κ3) is 19.4. The van der Waals surface area contributed by atoms with Crippen LogP contribution in [0.4, 0.5) is 11.5 Å². The quantitative estimate of drug-likeness (QED) is 0.0671. The van der Waals surface area contributed by atoms with E-state index in [0.717, 1.165) is 193 Å². The first-order chi connectivity index (χ1) is 59.3. The summed E-state index contributed by atoms with van der Waals surface area (Å²) in [5.74, 6) is 0.745. The van der Waals surface area contributed by atoms with Crippen molar-refractivity contribution in [2.24, 2.45) is 0 Å². The summed E-state index contributed by atoms with van der Waals surface area (Å²) in [7, 11) is 0. The number of aryl methyl sites for hydroxylation is 5. The molecular formula is C104H105N13O5S4. The van der Waals surface area contributed by atoms with E-state index in [9.17, 15) is 19.2 Å². The Hall–Kier alpha value is -13.1. The van der Waals surface area contributed by atoms with Crippen molar-refractivity contribution in [3.63, 3.8) is 0 Å². The van der Waals surface area contributed by atoms with Gasteiger partial charge in [0, 0.05) is 111 Å². The molecular weight excluding hydrogens is 1640 g/mol. The number of hydrogen-bond donors (Lipinski definition) is 4. The summed E-state index contributed by atoms with van der Waals surface area (Å²) < 4.78 is 14.6. The number of para-hydroxylation sites is 5. The number of ether oxygens (including phenoxy) is 1. The molecule has 126 heavy (non-hydrogen) atoms. The molecule has 0 radical (unpaired) electrons. The lowest BCUT2D eigenvalue weighted by Gasteiger charge is -2.28. The smallest absolute Gasteiger partial charge is 0.263 e. The molecule has 4 N–H and O–H groups in total. The van der Waals surface area contributed by atoms with Gasteiger partial charge in [-0.05, 0) is 240 Å². The van der Waals surface area contributed by atoms with Crippen LogP contribution in [0.15, 0.2) is 336 Å². The van der Waals surface area contributed by atoms with Gasteiger partial charge in [-0.1, -0.05) is 176 Å². The van der Waals surface area contributed by atoms with Gasteiger partial charge in [-0.3, -0.25) is 42.4 Å². The first-order valence-corrected chi connectivity index (χ1v) is 41.5. The molecule has 22 heteroatoms. The first kappa shape index (κ1) is 92.1. The third-order valence-electron chi connectivity index (χ3n) is 22.9. The molecule has 1 fully saturated rings. The average molecular weight is 1750 g/mol. The molecule has 10 aromatic carbocycles. The van der Waals surface area contributed by atoms with Gasteiger partial charge in [0.25, 0.3) is 22.2 Å². The minimum Gasteiger partial charge on any atom is -0.381 e. The van der Waals surface area contributed by atoms with Crippen molar-refractivity contribution < 1.29 is 4.74 Å². The van der Waals surface area contributed by atoms with Crippen LogP contribution in [0.25, 0.3) is 98.9 Å². The van der Waals surface area contributed by atoms with Crippen LogP contribution in [0, 0.1) is 34.6 Å². The van der Waals surface area contributed by atoms with Gasteiger partial charge >= 0.3 is 0 Å². The van der Waals surface area contributed by atoms with Gasteiger partial charge < -0.3 is 26.0 Å². The van der Waals surface area contributed by atoms with Crippen molar-refractivity contribution in [1.82, 2.24) is 53.5 Å².